The number of halogens is 1. The molecule has 1 aliphatic carbocycles. The van der Waals surface area contributed by atoms with E-state index in [4.69, 9.17) is 0 Å². The summed E-state index contributed by atoms with van der Waals surface area (Å²) >= 11 is 0. The Morgan fingerprint density at radius 3 is 2.59 bits per heavy atom. The van der Waals surface area contributed by atoms with E-state index < -0.39 is 0 Å². The van der Waals surface area contributed by atoms with E-state index in [2.05, 4.69) is 44.9 Å². The Kier molecular flexibility index (Phi) is 5.60. The van der Waals surface area contributed by atoms with Crippen molar-refractivity contribution < 1.29 is 4.39 Å². The van der Waals surface area contributed by atoms with Crippen LogP contribution in [0.15, 0.2) is 72.2 Å². The Morgan fingerprint density at radius 1 is 1.14 bits per heavy atom. The topological polar surface area (TPSA) is 54.2 Å². The monoisotopic (exact) mass is 391 g/mol. The molecule has 5 nitrogen and oxygen atoms in total. The smallest absolute Gasteiger partial charge is 0.191 e. The summed E-state index contributed by atoms with van der Waals surface area (Å²) in [6, 6.07) is 15.5. The van der Waals surface area contributed by atoms with Crippen LogP contribution in [0.3, 0.4) is 0 Å². The lowest BCUT2D eigenvalue weighted by molar-refractivity contribution is 0.607. The van der Waals surface area contributed by atoms with Crippen molar-refractivity contribution in [2.24, 2.45) is 4.99 Å². The molecule has 0 aliphatic heterocycles. The Labute approximate surface area is 170 Å². The van der Waals surface area contributed by atoms with Crippen LogP contribution in [0.4, 0.5) is 4.39 Å². The number of benzene rings is 2. The normalized spacial score (nSPS) is 15.2. The molecule has 4 rings (SSSR count). The molecule has 29 heavy (non-hydrogen) atoms. The molecular weight excluding hydrogens is 365 g/mol. The van der Waals surface area contributed by atoms with Gasteiger partial charge in [-0.2, -0.15) is 0 Å². The zero-order valence-electron chi connectivity index (χ0n) is 16.6. The lowest BCUT2D eigenvalue weighted by Gasteiger charge is -2.19. The van der Waals surface area contributed by atoms with Crippen molar-refractivity contribution in [3.05, 3.63) is 89.8 Å². The van der Waals surface area contributed by atoms with E-state index in [1.165, 1.54) is 17.2 Å². The van der Waals surface area contributed by atoms with Gasteiger partial charge in [-0.05, 0) is 41.7 Å². The average Bonchev–Trinajstić information content (AvgIpc) is 3.37. The SMILES string of the molecule is CN=C(NCc1ccc(Cn2ccnc2)cc1)NCC1(c2cccc(F)c2)CC1. The third kappa shape index (κ3) is 4.83. The second-order valence-corrected chi connectivity index (χ2v) is 7.62. The number of hydrogen-bond donors (Lipinski definition) is 2. The molecule has 0 atom stereocenters. The molecule has 1 saturated carbocycles. The summed E-state index contributed by atoms with van der Waals surface area (Å²) in [4.78, 5) is 8.39. The third-order valence-electron chi connectivity index (χ3n) is 5.52. The summed E-state index contributed by atoms with van der Waals surface area (Å²) in [5.74, 6) is 0.586. The van der Waals surface area contributed by atoms with Crippen molar-refractivity contribution in [1.29, 1.82) is 0 Å². The number of imidazole rings is 1. The highest BCUT2D eigenvalue weighted by Crippen LogP contribution is 2.47. The van der Waals surface area contributed by atoms with Gasteiger partial charge in [0.15, 0.2) is 5.96 Å². The summed E-state index contributed by atoms with van der Waals surface area (Å²) in [5, 5.41) is 6.77. The first kappa shape index (κ1) is 19.2. The molecule has 1 heterocycles. The van der Waals surface area contributed by atoms with Crippen LogP contribution in [0.2, 0.25) is 0 Å². The van der Waals surface area contributed by atoms with Gasteiger partial charge in [0, 0.05) is 44.5 Å². The van der Waals surface area contributed by atoms with Crippen LogP contribution in [0.1, 0.15) is 29.5 Å². The van der Waals surface area contributed by atoms with Gasteiger partial charge in [-0.3, -0.25) is 4.99 Å². The first-order valence-electron chi connectivity index (χ1n) is 9.91. The third-order valence-corrected chi connectivity index (χ3v) is 5.52. The lowest BCUT2D eigenvalue weighted by Crippen LogP contribution is -2.40. The lowest BCUT2D eigenvalue weighted by atomic mass is 9.96. The van der Waals surface area contributed by atoms with Crippen LogP contribution < -0.4 is 10.6 Å². The van der Waals surface area contributed by atoms with Gasteiger partial charge in [-0.25, -0.2) is 9.37 Å². The van der Waals surface area contributed by atoms with Gasteiger partial charge in [0.2, 0.25) is 0 Å². The van der Waals surface area contributed by atoms with Crippen LogP contribution in [-0.4, -0.2) is 29.1 Å². The molecule has 0 amide bonds. The fraction of sp³-hybridized carbons (Fsp3) is 0.304. The highest BCUT2D eigenvalue weighted by atomic mass is 19.1. The van der Waals surface area contributed by atoms with Gasteiger partial charge in [-0.15, -0.1) is 0 Å². The zero-order valence-corrected chi connectivity index (χ0v) is 16.6. The van der Waals surface area contributed by atoms with E-state index in [9.17, 15) is 4.39 Å². The minimum absolute atomic E-state index is 0.0225. The molecule has 0 radical (unpaired) electrons. The molecule has 0 unspecified atom stereocenters. The largest absolute Gasteiger partial charge is 0.356 e. The van der Waals surface area contributed by atoms with E-state index in [1.54, 1.807) is 25.4 Å². The molecule has 150 valence electrons. The Bertz CT molecular complexity index is 959. The summed E-state index contributed by atoms with van der Waals surface area (Å²) in [7, 11) is 1.77. The van der Waals surface area contributed by atoms with E-state index in [0.29, 0.717) is 6.54 Å². The van der Waals surface area contributed by atoms with Crippen LogP contribution in [0, 0.1) is 5.82 Å². The highest BCUT2D eigenvalue weighted by molar-refractivity contribution is 5.79. The minimum atomic E-state index is -0.173. The number of aliphatic imine (C=N–C) groups is 1. The predicted octanol–water partition coefficient (Wildman–Crippen LogP) is 3.47. The van der Waals surface area contributed by atoms with Crippen LogP contribution in [0.5, 0.6) is 0 Å². The first-order chi connectivity index (χ1) is 14.2. The highest BCUT2D eigenvalue weighted by Gasteiger charge is 2.44. The van der Waals surface area contributed by atoms with Crippen molar-refractivity contribution >= 4 is 5.96 Å². The number of rotatable bonds is 7. The molecule has 0 bridgehead atoms. The fourth-order valence-corrected chi connectivity index (χ4v) is 3.55. The van der Waals surface area contributed by atoms with Gasteiger partial charge in [0.1, 0.15) is 5.82 Å². The summed E-state index contributed by atoms with van der Waals surface area (Å²) in [6.07, 6.45) is 7.71. The number of nitrogens with one attached hydrogen (secondary N) is 2. The van der Waals surface area contributed by atoms with Crippen molar-refractivity contribution in [3.8, 4) is 0 Å². The predicted molar refractivity (Wildman–Crippen MR) is 113 cm³/mol. The van der Waals surface area contributed by atoms with Crippen LogP contribution in [0.25, 0.3) is 0 Å². The van der Waals surface area contributed by atoms with Gasteiger partial charge in [0.25, 0.3) is 0 Å². The van der Waals surface area contributed by atoms with Gasteiger partial charge >= 0.3 is 0 Å². The van der Waals surface area contributed by atoms with E-state index >= 15 is 0 Å². The summed E-state index contributed by atoms with van der Waals surface area (Å²) in [6.45, 7) is 2.26. The summed E-state index contributed by atoms with van der Waals surface area (Å²) < 4.78 is 15.6. The molecule has 1 aromatic heterocycles. The Hall–Kier alpha value is -3.15. The van der Waals surface area contributed by atoms with Gasteiger partial charge in [-0.1, -0.05) is 36.4 Å². The quantitative estimate of drug-likeness (QED) is 0.479. The number of guanidine groups is 1. The minimum Gasteiger partial charge on any atom is -0.356 e. The number of hydrogen-bond acceptors (Lipinski definition) is 2. The zero-order chi connectivity index (χ0) is 20.1. The molecular formula is C23H26FN5. The molecule has 0 saturated heterocycles. The van der Waals surface area contributed by atoms with Crippen LogP contribution >= 0.6 is 0 Å². The maximum Gasteiger partial charge on any atom is 0.191 e. The molecule has 1 aliphatic rings. The fourth-order valence-electron chi connectivity index (χ4n) is 3.55. The average molecular weight is 391 g/mol. The van der Waals surface area contributed by atoms with Crippen molar-refractivity contribution in [2.45, 2.75) is 31.3 Å². The van der Waals surface area contributed by atoms with Crippen molar-refractivity contribution in [1.82, 2.24) is 20.2 Å². The Balaban J connectivity index is 1.28. The second kappa shape index (κ2) is 8.47. The molecule has 6 heteroatoms. The molecule has 3 aromatic rings. The molecule has 2 aromatic carbocycles. The van der Waals surface area contributed by atoms with Gasteiger partial charge < -0.3 is 15.2 Å². The number of nitrogens with zero attached hydrogens (tertiary/aromatic N) is 3. The number of aromatic nitrogens is 2. The maximum atomic E-state index is 13.6. The summed E-state index contributed by atoms with van der Waals surface area (Å²) in [5.41, 5.74) is 3.51. The first-order valence-corrected chi connectivity index (χ1v) is 9.91. The maximum absolute atomic E-state index is 13.6. The molecule has 1 fully saturated rings. The van der Waals surface area contributed by atoms with E-state index in [1.807, 2.05) is 23.2 Å². The van der Waals surface area contributed by atoms with Gasteiger partial charge in [0.05, 0.1) is 6.33 Å². The van der Waals surface area contributed by atoms with E-state index in [0.717, 1.165) is 37.5 Å². The van der Waals surface area contributed by atoms with Crippen LogP contribution in [-0.2, 0) is 18.5 Å². The molecule has 2 N–H and O–H groups in total. The Morgan fingerprint density at radius 2 is 1.93 bits per heavy atom. The molecule has 0 spiro atoms. The standard InChI is InChI=1S/C23H26FN5/c1-25-22(28-16-23(9-10-23)20-3-2-4-21(24)13-20)27-14-18-5-7-19(8-6-18)15-29-12-11-26-17-29/h2-8,11-13,17H,9-10,14-16H2,1H3,(H2,25,27,28). The van der Waals surface area contributed by atoms with Crippen molar-refractivity contribution in [2.75, 3.05) is 13.6 Å². The van der Waals surface area contributed by atoms with E-state index in [-0.39, 0.29) is 11.2 Å². The second-order valence-electron chi connectivity index (χ2n) is 7.62. The van der Waals surface area contributed by atoms with Crippen molar-refractivity contribution in [3.63, 3.8) is 0 Å².